The zero-order valence-corrected chi connectivity index (χ0v) is 16.3. The summed E-state index contributed by atoms with van der Waals surface area (Å²) in [5, 5.41) is 1.86. The summed E-state index contributed by atoms with van der Waals surface area (Å²) in [5.41, 5.74) is 5.85. The van der Waals surface area contributed by atoms with Gasteiger partial charge >= 0.3 is 0 Å². The summed E-state index contributed by atoms with van der Waals surface area (Å²) < 4.78 is 18.3. The highest BCUT2D eigenvalue weighted by molar-refractivity contribution is 8.18. The summed E-state index contributed by atoms with van der Waals surface area (Å²) >= 11 is 0.712. The summed E-state index contributed by atoms with van der Waals surface area (Å²) in [4.78, 5) is 48.5. The summed E-state index contributed by atoms with van der Waals surface area (Å²) in [6.45, 7) is -0.742. The zero-order valence-electron chi connectivity index (χ0n) is 15.5. The number of hydrogen-bond acceptors (Lipinski definition) is 6. The van der Waals surface area contributed by atoms with Gasteiger partial charge in [0.05, 0.1) is 4.91 Å². The molecule has 1 aliphatic heterocycles. The maximum absolute atomic E-state index is 13.2. The van der Waals surface area contributed by atoms with E-state index in [1.165, 1.54) is 24.3 Å². The highest BCUT2D eigenvalue weighted by Gasteiger charge is 2.36. The fraction of sp³-hybridized carbons (Fsp3) is 0.100. The fourth-order valence-corrected chi connectivity index (χ4v) is 3.35. The van der Waals surface area contributed by atoms with Crippen LogP contribution in [0.15, 0.2) is 53.4 Å². The van der Waals surface area contributed by atoms with Gasteiger partial charge in [-0.1, -0.05) is 18.2 Å². The number of anilines is 1. The van der Waals surface area contributed by atoms with Crippen LogP contribution in [0.3, 0.4) is 0 Å². The number of amides is 4. The van der Waals surface area contributed by atoms with Crippen molar-refractivity contribution in [3.05, 3.63) is 64.8 Å². The monoisotopic (exact) mass is 429 g/mol. The SMILES string of the molecule is NC(=O)COc1ccc(/C=C2/SC(=O)N(CC(=O)Nc3cccc(F)c3)C2=O)cc1. The number of primary amides is 1. The van der Waals surface area contributed by atoms with Gasteiger partial charge in [0.25, 0.3) is 17.1 Å². The topological polar surface area (TPSA) is 119 Å². The van der Waals surface area contributed by atoms with Gasteiger partial charge in [0.1, 0.15) is 18.1 Å². The lowest BCUT2D eigenvalue weighted by atomic mass is 10.2. The Morgan fingerprint density at radius 2 is 1.90 bits per heavy atom. The average molecular weight is 429 g/mol. The number of nitrogens with two attached hydrogens (primary N) is 1. The first-order valence-electron chi connectivity index (χ1n) is 8.64. The minimum Gasteiger partial charge on any atom is -0.484 e. The molecule has 0 atom stereocenters. The zero-order chi connectivity index (χ0) is 21.7. The van der Waals surface area contributed by atoms with Gasteiger partial charge in [0.2, 0.25) is 5.91 Å². The lowest BCUT2D eigenvalue weighted by Gasteiger charge is -2.12. The first kappa shape index (κ1) is 21.1. The Morgan fingerprint density at radius 3 is 2.57 bits per heavy atom. The average Bonchev–Trinajstić information content (AvgIpc) is 2.95. The van der Waals surface area contributed by atoms with Crippen molar-refractivity contribution in [2.75, 3.05) is 18.5 Å². The van der Waals surface area contributed by atoms with E-state index in [9.17, 15) is 23.6 Å². The summed E-state index contributed by atoms with van der Waals surface area (Å²) in [6, 6.07) is 11.7. The normalized spacial score (nSPS) is 14.8. The van der Waals surface area contributed by atoms with E-state index in [1.807, 2.05) is 0 Å². The number of rotatable bonds is 7. The van der Waals surface area contributed by atoms with Crippen LogP contribution in [0.4, 0.5) is 14.9 Å². The highest BCUT2D eigenvalue weighted by atomic mass is 32.2. The third-order valence-corrected chi connectivity index (χ3v) is 4.75. The quantitative estimate of drug-likeness (QED) is 0.653. The van der Waals surface area contributed by atoms with E-state index in [4.69, 9.17) is 10.5 Å². The standard InChI is InChI=1S/C20H16FN3O5S/c21-13-2-1-3-14(9-13)23-18(26)10-24-19(27)16(30-20(24)28)8-12-4-6-15(7-5-12)29-11-17(22)25/h1-9H,10-11H2,(H2,22,25)(H,23,26)/b16-8+. The molecule has 1 aliphatic rings. The van der Waals surface area contributed by atoms with Crippen molar-refractivity contribution in [2.24, 2.45) is 5.73 Å². The van der Waals surface area contributed by atoms with Gasteiger partial charge in [0, 0.05) is 5.69 Å². The molecule has 0 aliphatic carbocycles. The minimum absolute atomic E-state index is 0.157. The lowest BCUT2D eigenvalue weighted by molar-refractivity contribution is -0.127. The van der Waals surface area contributed by atoms with Gasteiger partial charge in [-0.05, 0) is 53.7 Å². The Labute approximate surface area is 174 Å². The number of halogens is 1. The number of nitrogens with zero attached hydrogens (tertiary/aromatic N) is 1. The number of hydrogen-bond donors (Lipinski definition) is 2. The molecule has 1 saturated heterocycles. The molecule has 0 saturated carbocycles. The van der Waals surface area contributed by atoms with Crippen molar-refractivity contribution >= 4 is 46.5 Å². The predicted octanol–water partition coefficient (Wildman–Crippen LogP) is 2.36. The van der Waals surface area contributed by atoms with Crippen LogP contribution in [0.1, 0.15) is 5.56 Å². The number of carbonyl (C=O) groups excluding carboxylic acids is 4. The smallest absolute Gasteiger partial charge is 0.294 e. The molecule has 3 N–H and O–H groups in total. The lowest BCUT2D eigenvalue weighted by Crippen LogP contribution is -2.36. The van der Waals surface area contributed by atoms with Crippen LogP contribution in [-0.2, 0) is 14.4 Å². The second-order valence-electron chi connectivity index (χ2n) is 6.15. The van der Waals surface area contributed by atoms with Crippen LogP contribution in [0, 0.1) is 5.82 Å². The maximum atomic E-state index is 13.2. The second-order valence-corrected chi connectivity index (χ2v) is 7.14. The van der Waals surface area contributed by atoms with Crippen LogP contribution in [0.25, 0.3) is 6.08 Å². The second kappa shape index (κ2) is 9.23. The van der Waals surface area contributed by atoms with E-state index in [0.29, 0.717) is 23.1 Å². The number of nitrogens with one attached hydrogen (secondary N) is 1. The Morgan fingerprint density at radius 1 is 1.17 bits per heavy atom. The summed E-state index contributed by atoms with van der Waals surface area (Å²) in [7, 11) is 0. The molecule has 0 unspecified atom stereocenters. The predicted molar refractivity (Wildman–Crippen MR) is 109 cm³/mol. The van der Waals surface area contributed by atoms with Gasteiger partial charge in [0.15, 0.2) is 6.61 Å². The maximum Gasteiger partial charge on any atom is 0.294 e. The molecular weight excluding hydrogens is 413 g/mol. The minimum atomic E-state index is -0.625. The van der Waals surface area contributed by atoms with Crippen molar-refractivity contribution in [3.63, 3.8) is 0 Å². The molecule has 4 amide bonds. The molecule has 0 spiro atoms. The van der Waals surface area contributed by atoms with Crippen LogP contribution in [0.5, 0.6) is 5.75 Å². The first-order valence-corrected chi connectivity index (χ1v) is 9.45. The van der Waals surface area contributed by atoms with E-state index in [1.54, 1.807) is 24.3 Å². The first-order chi connectivity index (χ1) is 14.3. The number of benzene rings is 2. The molecule has 2 aromatic carbocycles. The Balaban J connectivity index is 1.63. The molecule has 0 radical (unpaired) electrons. The van der Waals surface area contributed by atoms with Gasteiger partial charge in [-0.15, -0.1) is 0 Å². The van der Waals surface area contributed by atoms with Crippen molar-refractivity contribution in [3.8, 4) is 5.75 Å². The molecule has 154 valence electrons. The van der Waals surface area contributed by atoms with Crippen molar-refractivity contribution in [2.45, 2.75) is 0 Å². The molecular formula is C20H16FN3O5S. The fourth-order valence-electron chi connectivity index (χ4n) is 2.51. The molecule has 3 rings (SSSR count). The Hall–Kier alpha value is -3.66. The van der Waals surface area contributed by atoms with Crippen molar-refractivity contribution < 1.29 is 28.3 Å². The summed E-state index contributed by atoms with van der Waals surface area (Å²) in [5.74, 6) is -1.93. The molecule has 10 heteroatoms. The van der Waals surface area contributed by atoms with Crippen LogP contribution in [0.2, 0.25) is 0 Å². The molecule has 0 aromatic heterocycles. The number of carbonyl (C=O) groups is 4. The van der Waals surface area contributed by atoms with E-state index in [-0.39, 0.29) is 17.2 Å². The molecule has 0 bridgehead atoms. The number of imide groups is 1. The van der Waals surface area contributed by atoms with Gasteiger partial charge in [-0.3, -0.25) is 24.1 Å². The third-order valence-electron chi connectivity index (χ3n) is 3.84. The summed E-state index contributed by atoms with van der Waals surface area (Å²) in [6.07, 6.45) is 1.51. The van der Waals surface area contributed by atoms with Crippen molar-refractivity contribution in [1.82, 2.24) is 4.90 Å². The van der Waals surface area contributed by atoms with E-state index in [0.717, 1.165) is 11.0 Å². The Bertz CT molecular complexity index is 1040. The molecule has 1 heterocycles. The molecule has 30 heavy (non-hydrogen) atoms. The Kier molecular flexibility index (Phi) is 6.48. The largest absolute Gasteiger partial charge is 0.484 e. The van der Waals surface area contributed by atoms with Gasteiger partial charge in [-0.2, -0.15) is 0 Å². The van der Waals surface area contributed by atoms with Gasteiger partial charge in [-0.25, -0.2) is 4.39 Å². The highest BCUT2D eigenvalue weighted by Crippen LogP contribution is 2.32. The van der Waals surface area contributed by atoms with E-state index >= 15 is 0 Å². The van der Waals surface area contributed by atoms with Crippen molar-refractivity contribution in [1.29, 1.82) is 0 Å². The van der Waals surface area contributed by atoms with Crippen LogP contribution >= 0.6 is 11.8 Å². The van der Waals surface area contributed by atoms with E-state index in [2.05, 4.69) is 5.32 Å². The molecule has 1 fully saturated rings. The number of ether oxygens (including phenoxy) is 1. The van der Waals surface area contributed by atoms with Gasteiger partial charge < -0.3 is 15.8 Å². The van der Waals surface area contributed by atoms with Crippen LogP contribution in [-0.4, -0.2) is 41.0 Å². The third kappa shape index (κ3) is 5.45. The van der Waals surface area contributed by atoms with Crippen LogP contribution < -0.4 is 15.8 Å². The molecule has 8 nitrogen and oxygen atoms in total. The molecule has 2 aromatic rings. The van der Waals surface area contributed by atoms with E-state index < -0.39 is 35.3 Å². The number of thioether (sulfide) groups is 1.